The number of piperazine rings is 1. The summed E-state index contributed by atoms with van der Waals surface area (Å²) in [5.41, 5.74) is 2.29. The van der Waals surface area contributed by atoms with Crippen LogP contribution in [0, 0.1) is 11.3 Å². The van der Waals surface area contributed by atoms with Gasteiger partial charge < -0.3 is 5.32 Å². The monoisotopic (exact) mass is 270 g/mol. The Morgan fingerprint density at radius 1 is 1.20 bits per heavy atom. The summed E-state index contributed by atoms with van der Waals surface area (Å²) in [5.74, 6) is 1.07. The van der Waals surface area contributed by atoms with Crippen molar-refractivity contribution in [1.29, 1.82) is 0 Å². The van der Waals surface area contributed by atoms with Gasteiger partial charge in [0.25, 0.3) is 0 Å². The van der Waals surface area contributed by atoms with Gasteiger partial charge >= 0.3 is 0 Å². The third kappa shape index (κ3) is 2.29. The number of hydrogen-bond donors (Lipinski definition) is 1. The standard InChI is InChI=1S/C18H26N2/c1-17(15-5-3-2-4-6-15)13-20(12-11-19-17)14-18(9-10-18)16-7-8-16/h2-6,16,19H,7-14H2,1H3. The van der Waals surface area contributed by atoms with Gasteiger partial charge in [0.05, 0.1) is 5.54 Å². The second-order valence-corrected chi connectivity index (χ2v) is 7.47. The number of benzene rings is 1. The average Bonchev–Trinajstić information content (AvgIpc) is 3.34. The molecule has 108 valence electrons. The largest absolute Gasteiger partial charge is 0.305 e. The second kappa shape index (κ2) is 4.57. The van der Waals surface area contributed by atoms with Crippen LogP contribution in [-0.4, -0.2) is 31.1 Å². The molecule has 1 heterocycles. The van der Waals surface area contributed by atoms with Gasteiger partial charge in [-0.05, 0) is 49.5 Å². The van der Waals surface area contributed by atoms with Gasteiger partial charge in [-0.3, -0.25) is 4.90 Å². The lowest BCUT2D eigenvalue weighted by molar-refractivity contribution is 0.113. The minimum Gasteiger partial charge on any atom is -0.305 e. The molecule has 1 saturated heterocycles. The van der Waals surface area contributed by atoms with Crippen molar-refractivity contribution in [3.05, 3.63) is 35.9 Å². The highest BCUT2D eigenvalue weighted by molar-refractivity contribution is 5.25. The van der Waals surface area contributed by atoms with Gasteiger partial charge in [-0.25, -0.2) is 0 Å². The Bertz CT molecular complexity index is 475. The quantitative estimate of drug-likeness (QED) is 0.905. The van der Waals surface area contributed by atoms with Crippen molar-refractivity contribution in [2.75, 3.05) is 26.2 Å². The number of hydrogen-bond acceptors (Lipinski definition) is 2. The van der Waals surface area contributed by atoms with E-state index in [4.69, 9.17) is 0 Å². The minimum absolute atomic E-state index is 0.124. The van der Waals surface area contributed by atoms with Crippen molar-refractivity contribution in [2.45, 2.75) is 38.1 Å². The summed E-state index contributed by atoms with van der Waals surface area (Å²) in [6.45, 7) is 7.21. The predicted octanol–water partition coefficient (Wildman–Crippen LogP) is 3.00. The van der Waals surface area contributed by atoms with Crippen LogP contribution >= 0.6 is 0 Å². The number of rotatable bonds is 4. The Morgan fingerprint density at radius 2 is 1.95 bits per heavy atom. The molecule has 0 amide bonds. The summed E-state index contributed by atoms with van der Waals surface area (Å²) in [5, 5.41) is 3.75. The minimum atomic E-state index is 0.124. The van der Waals surface area contributed by atoms with E-state index in [1.54, 1.807) is 0 Å². The van der Waals surface area contributed by atoms with Crippen molar-refractivity contribution in [3.8, 4) is 0 Å². The molecule has 0 spiro atoms. The highest BCUT2D eigenvalue weighted by atomic mass is 15.2. The van der Waals surface area contributed by atoms with Gasteiger partial charge in [0.2, 0.25) is 0 Å². The maximum Gasteiger partial charge on any atom is 0.0535 e. The molecule has 0 radical (unpaired) electrons. The van der Waals surface area contributed by atoms with Gasteiger partial charge in [0, 0.05) is 26.2 Å². The van der Waals surface area contributed by atoms with E-state index in [9.17, 15) is 0 Å². The Labute approximate surface area is 122 Å². The van der Waals surface area contributed by atoms with E-state index >= 15 is 0 Å². The van der Waals surface area contributed by atoms with Crippen LogP contribution in [0.3, 0.4) is 0 Å². The van der Waals surface area contributed by atoms with Crippen LogP contribution in [-0.2, 0) is 5.54 Å². The second-order valence-electron chi connectivity index (χ2n) is 7.47. The van der Waals surface area contributed by atoms with Crippen LogP contribution in [0.5, 0.6) is 0 Å². The molecule has 0 aromatic heterocycles. The Kier molecular flexibility index (Phi) is 2.94. The maximum absolute atomic E-state index is 3.75. The number of nitrogens with one attached hydrogen (secondary N) is 1. The fraction of sp³-hybridized carbons (Fsp3) is 0.667. The first-order valence-corrected chi connectivity index (χ1v) is 8.23. The van der Waals surface area contributed by atoms with E-state index in [1.807, 2.05) is 0 Å². The lowest BCUT2D eigenvalue weighted by Gasteiger charge is -2.43. The lowest BCUT2D eigenvalue weighted by Crippen LogP contribution is -2.57. The molecule has 2 heteroatoms. The zero-order valence-electron chi connectivity index (χ0n) is 12.6. The summed E-state index contributed by atoms with van der Waals surface area (Å²) >= 11 is 0. The summed E-state index contributed by atoms with van der Waals surface area (Å²) in [6.07, 6.45) is 5.98. The molecule has 4 rings (SSSR count). The summed E-state index contributed by atoms with van der Waals surface area (Å²) in [6, 6.07) is 11.0. The van der Waals surface area contributed by atoms with Gasteiger partial charge in [-0.2, -0.15) is 0 Å². The van der Waals surface area contributed by atoms with Crippen LogP contribution < -0.4 is 5.32 Å². The summed E-state index contributed by atoms with van der Waals surface area (Å²) in [7, 11) is 0. The smallest absolute Gasteiger partial charge is 0.0535 e. The molecular formula is C18H26N2. The van der Waals surface area contributed by atoms with Crippen LogP contribution in [0.1, 0.15) is 38.2 Å². The van der Waals surface area contributed by atoms with E-state index in [0.717, 1.165) is 24.4 Å². The van der Waals surface area contributed by atoms with Crippen LogP contribution in [0.2, 0.25) is 0 Å². The van der Waals surface area contributed by atoms with Gasteiger partial charge in [-0.1, -0.05) is 30.3 Å². The first-order valence-electron chi connectivity index (χ1n) is 8.23. The number of nitrogens with zero attached hydrogens (tertiary/aromatic N) is 1. The topological polar surface area (TPSA) is 15.3 Å². The molecule has 0 bridgehead atoms. The summed E-state index contributed by atoms with van der Waals surface area (Å²) in [4.78, 5) is 2.73. The average molecular weight is 270 g/mol. The van der Waals surface area contributed by atoms with Gasteiger partial charge in [-0.15, -0.1) is 0 Å². The fourth-order valence-electron chi connectivity index (χ4n) is 4.20. The van der Waals surface area contributed by atoms with Crippen molar-refractivity contribution >= 4 is 0 Å². The van der Waals surface area contributed by atoms with Crippen LogP contribution in [0.15, 0.2) is 30.3 Å². The molecule has 2 saturated carbocycles. The highest BCUT2D eigenvalue weighted by Gasteiger charge is 2.54. The van der Waals surface area contributed by atoms with E-state index in [-0.39, 0.29) is 5.54 Å². The molecule has 1 atom stereocenters. The molecular weight excluding hydrogens is 244 g/mol. The molecule has 1 aliphatic heterocycles. The lowest BCUT2D eigenvalue weighted by atomic mass is 9.88. The first kappa shape index (κ1) is 12.8. The molecule has 1 aromatic carbocycles. The van der Waals surface area contributed by atoms with E-state index in [1.165, 1.54) is 44.3 Å². The molecule has 20 heavy (non-hydrogen) atoms. The van der Waals surface area contributed by atoms with Crippen molar-refractivity contribution in [2.24, 2.45) is 11.3 Å². The highest BCUT2D eigenvalue weighted by Crippen LogP contribution is 2.61. The Balaban J connectivity index is 1.47. The molecule has 2 nitrogen and oxygen atoms in total. The van der Waals surface area contributed by atoms with E-state index in [0.29, 0.717) is 0 Å². The molecule has 3 aliphatic rings. The van der Waals surface area contributed by atoms with E-state index < -0.39 is 0 Å². The molecule has 1 unspecified atom stereocenters. The van der Waals surface area contributed by atoms with Crippen LogP contribution in [0.25, 0.3) is 0 Å². The molecule has 3 fully saturated rings. The van der Waals surface area contributed by atoms with Crippen molar-refractivity contribution in [1.82, 2.24) is 10.2 Å². The Hall–Kier alpha value is -0.860. The zero-order valence-corrected chi connectivity index (χ0v) is 12.6. The first-order chi connectivity index (χ1) is 9.70. The van der Waals surface area contributed by atoms with Gasteiger partial charge in [0.1, 0.15) is 0 Å². The molecule has 1 aromatic rings. The van der Waals surface area contributed by atoms with Gasteiger partial charge in [0.15, 0.2) is 0 Å². The summed E-state index contributed by atoms with van der Waals surface area (Å²) < 4.78 is 0. The van der Waals surface area contributed by atoms with E-state index in [2.05, 4.69) is 47.5 Å². The van der Waals surface area contributed by atoms with Crippen molar-refractivity contribution < 1.29 is 0 Å². The molecule has 1 N–H and O–H groups in total. The fourth-order valence-corrected chi connectivity index (χ4v) is 4.20. The third-order valence-electron chi connectivity index (χ3n) is 5.77. The van der Waals surface area contributed by atoms with Crippen LogP contribution in [0.4, 0.5) is 0 Å². The predicted molar refractivity (Wildman–Crippen MR) is 82.6 cm³/mol. The Morgan fingerprint density at radius 3 is 2.60 bits per heavy atom. The third-order valence-corrected chi connectivity index (χ3v) is 5.77. The molecule has 2 aliphatic carbocycles. The zero-order chi connectivity index (χ0) is 13.6. The SMILES string of the molecule is CC1(c2ccccc2)CN(CC2(C3CC3)CC2)CCN1. The maximum atomic E-state index is 3.75. The van der Waals surface area contributed by atoms with Crippen molar-refractivity contribution in [3.63, 3.8) is 0 Å². The normalized spacial score (nSPS) is 33.0.